The molecular weight excluding hydrogens is 236 g/mol. The lowest BCUT2D eigenvalue weighted by atomic mass is 9.73. The number of hydrogen-bond donors (Lipinski definition) is 2. The number of aromatic nitrogens is 2. The molecule has 1 saturated carbocycles. The van der Waals surface area contributed by atoms with Gasteiger partial charge in [0.2, 0.25) is 5.82 Å². The zero-order valence-corrected chi connectivity index (χ0v) is 11.2. The van der Waals surface area contributed by atoms with Crippen LogP contribution < -0.4 is 9.80 Å². The molecule has 1 fully saturated rings. The van der Waals surface area contributed by atoms with Crippen LogP contribution >= 0.6 is 0 Å². The minimum Gasteiger partial charge on any atom is -0.459 e. The van der Waals surface area contributed by atoms with E-state index in [1.165, 1.54) is 47.4 Å². The summed E-state index contributed by atoms with van der Waals surface area (Å²) in [5, 5.41) is 0. The van der Waals surface area contributed by atoms with Gasteiger partial charge in [-0.2, -0.15) is 12.0 Å². The number of quaternary nitrogens is 2. The van der Waals surface area contributed by atoms with E-state index in [2.05, 4.69) is 24.1 Å². The average Bonchev–Trinajstić information content (AvgIpc) is 2.96. The van der Waals surface area contributed by atoms with E-state index < -0.39 is 0 Å². The molecule has 3 aliphatic rings. The third-order valence-corrected chi connectivity index (χ3v) is 5.04. The molecule has 2 unspecified atom stereocenters. The summed E-state index contributed by atoms with van der Waals surface area (Å²) in [7, 11) is 8.56. The van der Waals surface area contributed by atoms with E-state index in [4.69, 9.17) is 0 Å². The topological polar surface area (TPSA) is 34.7 Å². The fraction of sp³-hybridized carbons (Fsp3) is 0.467. The Morgan fingerprint density at radius 2 is 2.00 bits per heavy atom. The predicted molar refractivity (Wildman–Crippen MR) is 71.9 cm³/mol. The van der Waals surface area contributed by atoms with Crippen molar-refractivity contribution in [1.82, 2.24) is 9.97 Å². The number of nitrogens with one attached hydrogen (secondary N) is 2. The zero-order valence-electron chi connectivity index (χ0n) is 11.2. The second-order valence-electron chi connectivity index (χ2n) is 6.21. The molecule has 0 aromatic carbocycles. The summed E-state index contributed by atoms with van der Waals surface area (Å²) in [6.45, 7) is 2.12. The molecular formula is C15H20N4. The average molecular weight is 256 g/mol. The van der Waals surface area contributed by atoms with Crippen LogP contribution in [0.1, 0.15) is 31.2 Å². The molecule has 2 N–H and O–H groups in total. The van der Waals surface area contributed by atoms with Crippen LogP contribution in [0.15, 0.2) is 18.2 Å². The third-order valence-electron chi connectivity index (χ3n) is 5.04. The fourth-order valence-electron chi connectivity index (χ4n) is 4.37. The van der Waals surface area contributed by atoms with E-state index in [1.54, 1.807) is 6.33 Å². The van der Waals surface area contributed by atoms with Crippen molar-refractivity contribution >= 4 is 11.4 Å². The van der Waals surface area contributed by atoms with Crippen LogP contribution in [0.5, 0.6) is 0 Å². The van der Waals surface area contributed by atoms with Crippen LogP contribution in [0, 0.1) is 19.5 Å². The summed E-state index contributed by atoms with van der Waals surface area (Å²) >= 11 is 0. The van der Waals surface area contributed by atoms with Crippen LogP contribution in [0.4, 0.5) is 5.82 Å². The second kappa shape index (κ2) is 3.87. The lowest BCUT2D eigenvalue weighted by Gasteiger charge is -2.40. The second-order valence-corrected chi connectivity index (χ2v) is 6.21. The van der Waals surface area contributed by atoms with Crippen molar-refractivity contribution in [2.75, 3.05) is 13.1 Å². The summed E-state index contributed by atoms with van der Waals surface area (Å²) in [4.78, 5) is 11.2. The summed E-state index contributed by atoms with van der Waals surface area (Å²) < 4.78 is 0. The normalized spacial score (nSPS) is 31.7. The maximum Gasteiger partial charge on any atom is 0.215 e. The lowest BCUT2D eigenvalue weighted by molar-refractivity contribution is -0.879. The highest BCUT2D eigenvalue weighted by Crippen LogP contribution is 2.51. The highest BCUT2D eigenvalue weighted by Gasteiger charge is 2.50. The van der Waals surface area contributed by atoms with E-state index >= 15 is 0 Å². The summed E-state index contributed by atoms with van der Waals surface area (Å²) in [6, 6.07) is 0. The van der Waals surface area contributed by atoms with Crippen LogP contribution in [0.3, 0.4) is 0 Å². The first kappa shape index (κ1) is 11.6. The van der Waals surface area contributed by atoms with Gasteiger partial charge >= 0.3 is 0 Å². The molecule has 4 nitrogen and oxygen atoms in total. The van der Waals surface area contributed by atoms with Crippen LogP contribution in [-0.4, -0.2) is 23.1 Å². The minimum atomic E-state index is 0.309. The molecule has 0 saturated heterocycles. The molecule has 0 radical (unpaired) electrons. The van der Waals surface area contributed by atoms with Crippen LogP contribution in [0.2, 0.25) is 0 Å². The molecule has 1 aromatic heterocycles. The summed E-state index contributed by atoms with van der Waals surface area (Å²) in [5.74, 6) is 1.06. The maximum absolute atomic E-state index is 4.46. The third kappa shape index (κ3) is 1.47. The molecule has 4 rings (SSSR count). The van der Waals surface area contributed by atoms with Crippen molar-refractivity contribution in [3.05, 3.63) is 37.9 Å². The van der Waals surface area contributed by atoms with Gasteiger partial charge in [0.05, 0.1) is 12.1 Å². The number of fused-ring (bicyclic) bond motifs is 3. The van der Waals surface area contributed by atoms with Gasteiger partial charge in [-0.25, -0.2) is 4.98 Å². The van der Waals surface area contributed by atoms with Crippen molar-refractivity contribution in [2.45, 2.75) is 25.7 Å². The Bertz CT molecular complexity index is 557. The van der Waals surface area contributed by atoms with E-state index in [9.17, 15) is 0 Å². The predicted octanol–water partition coefficient (Wildman–Crippen LogP) is -0.240. The molecule has 4 heteroatoms. The van der Waals surface area contributed by atoms with E-state index in [-0.39, 0.29) is 0 Å². The molecule has 1 aliphatic carbocycles. The van der Waals surface area contributed by atoms with E-state index in [0.717, 1.165) is 23.8 Å². The molecule has 100 valence electrons. The molecule has 0 amide bonds. The molecule has 1 aromatic rings. The summed E-state index contributed by atoms with van der Waals surface area (Å²) in [6.07, 6.45) is 8.86. The van der Waals surface area contributed by atoms with Crippen molar-refractivity contribution in [3.63, 3.8) is 0 Å². The zero-order chi connectivity index (χ0) is 13.0. The Morgan fingerprint density at radius 3 is 2.79 bits per heavy atom. The smallest absolute Gasteiger partial charge is 0.215 e. The molecule has 0 bridgehead atoms. The van der Waals surface area contributed by atoms with Gasteiger partial charge in [0.25, 0.3) is 0 Å². The van der Waals surface area contributed by atoms with Gasteiger partial charge < -0.3 is 9.80 Å². The van der Waals surface area contributed by atoms with Gasteiger partial charge in [-0.05, 0) is 12.8 Å². The Balaban J connectivity index is 1.93. The molecule has 3 heterocycles. The number of nitrogens with zero attached hydrogens (tertiary/aromatic N) is 2. The highest BCUT2D eigenvalue weighted by molar-refractivity contribution is 5.79. The molecule has 2 aliphatic heterocycles. The largest absolute Gasteiger partial charge is 0.459 e. The Morgan fingerprint density at radius 1 is 1.21 bits per heavy atom. The Labute approximate surface area is 114 Å². The molecule has 2 atom stereocenters. The first-order valence-electron chi connectivity index (χ1n) is 7.12. The van der Waals surface area contributed by atoms with Crippen molar-refractivity contribution in [1.29, 1.82) is 0 Å². The van der Waals surface area contributed by atoms with Gasteiger partial charge in [0.1, 0.15) is 18.6 Å². The van der Waals surface area contributed by atoms with Gasteiger partial charge in [-0.1, -0.05) is 12.8 Å². The number of hydrogen-bond acceptors (Lipinski definition) is 2. The SMILES string of the molecule is [CH2-][NH+]1CC2=C(c3cncnc3[NH+]2[CH2-])C2(CCCC2)C1. The van der Waals surface area contributed by atoms with Crippen molar-refractivity contribution in [2.24, 2.45) is 5.41 Å². The van der Waals surface area contributed by atoms with Crippen LogP contribution in [0.25, 0.3) is 5.57 Å². The molecule has 1 spiro atoms. The van der Waals surface area contributed by atoms with Gasteiger partial charge in [-0.15, -0.1) is 7.05 Å². The monoisotopic (exact) mass is 256 g/mol. The minimum absolute atomic E-state index is 0.309. The Kier molecular flexibility index (Phi) is 2.35. The van der Waals surface area contributed by atoms with Gasteiger partial charge in [0.15, 0.2) is 0 Å². The maximum atomic E-state index is 4.46. The fourth-order valence-corrected chi connectivity index (χ4v) is 4.37. The van der Waals surface area contributed by atoms with Crippen LogP contribution in [-0.2, 0) is 0 Å². The first-order chi connectivity index (χ1) is 9.21. The quantitative estimate of drug-likeness (QED) is 0.628. The van der Waals surface area contributed by atoms with Crippen molar-refractivity contribution < 1.29 is 9.80 Å². The van der Waals surface area contributed by atoms with Crippen molar-refractivity contribution in [3.8, 4) is 0 Å². The standard InChI is InChI=1S/C15H20N4/c1-18-8-12-13(15(9-18)5-3-4-6-15)11-7-16-10-17-14(11)19(12)2/h7,10,18-19H,1-6,8-9H2. The molecule has 19 heavy (non-hydrogen) atoms. The lowest BCUT2D eigenvalue weighted by Crippen LogP contribution is -3.14. The van der Waals surface area contributed by atoms with E-state index in [1.807, 2.05) is 6.20 Å². The van der Waals surface area contributed by atoms with Gasteiger partial charge in [-0.3, -0.25) is 0 Å². The summed E-state index contributed by atoms with van der Waals surface area (Å²) in [5.41, 5.74) is 4.47. The van der Waals surface area contributed by atoms with Gasteiger partial charge in [0, 0.05) is 17.2 Å². The Hall–Kier alpha value is -1.26. The number of rotatable bonds is 0. The van der Waals surface area contributed by atoms with E-state index in [0.29, 0.717) is 5.41 Å². The first-order valence-corrected chi connectivity index (χ1v) is 7.12. The highest BCUT2D eigenvalue weighted by atomic mass is 15.3.